The fourth-order valence-electron chi connectivity index (χ4n) is 10.2. The molecular formula is C44H46ClN7O5. The summed E-state index contributed by atoms with van der Waals surface area (Å²) in [6.45, 7) is 6.44. The SMILES string of the molecule is C[C@@H]1Cc2cc(C#N)c(Cl)cc2N1[C@H]1CC[C@H](NC(=O)c2ccc(N3CCC(CN4Cc5cc6c(cc5C4)C(=O)N(C4CCC(=O)NC4=O)C6=O)CC3)cc2)CC1. The normalized spacial score (nSPS) is 25.0. The van der Waals surface area contributed by atoms with Gasteiger partial charge in [-0.2, -0.15) is 5.26 Å². The van der Waals surface area contributed by atoms with Crippen molar-refractivity contribution >= 4 is 52.5 Å². The Labute approximate surface area is 337 Å². The van der Waals surface area contributed by atoms with Crippen LogP contribution in [0.25, 0.3) is 0 Å². The molecule has 2 atom stereocenters. The molecule has 294 valence electrons. The maximum absolute atomic E-state index is 13.3. The van der Waals surface area contributed by atoms with Gasteiger partial charge in [-0.25, -0.2) is 0 Å². The molecule has 1 saturated carbocycles. The van der Waals surface area contributed by atoms with Gasteiger partial charge in [0.1, 0.15) is 12.1 Å². The number of imide groups is 2. The zero-order chi connectivity index (χ0) is 39.5. The second kappa shape index (κ2) is 14.9. The van der Waals surface area contributed by atoms with Gasteiger partial charge in [0.2, 0.25) is 11.8 Å². The Balaban J connectivity index is 0.733. The molecule has 57 heavy (non-hydrogen) atoms. The molecule has 12 nitrogen and oxygen atoms in total. The first-order valence-electron chi connectivity index (χ1n) is 20.3. The maximum Gasteiger partial charge on any atom is 0.262 e. The first-order valence-corrected chi connectivity index (χ1v) is 20.7. The molecule has 5 amide bonds. The summed E-state index contributed by atoms with van der Waals surface area (Å²) in [6.07, 6.45) is 7.06. The van der Waals surface area contributed by atoms with E-state index in [2.05, 4.69) is 50.5 Å². The smallest absolute Gasteiger partial charge is 0.262 e. The highest BCUT2D eigenvalue weighted by Gasteiger charge is 2.45. The van der Waals surface area contributed by atoms with Gasteiger partial charge >= 0.3 is 0 Å². The molecule has 1 aliphatic carbocycles. The van der Waals surface area contributed by atoms with Crippen LogP contribution in [0.4, 0.5) is 11.4 Å². The number of hydrogen-bond donors (Lipinski definition) is 2. The third kappa shape index (κ3) is 6.95. The third-order valence-corrected chi connectivity index (χ3v) is 13.5. The molecule has 1 unspecified atom stereocenters. The van der Waals surface area contributed by atoms with Gasteiger partial charge in [0.15, 0.2) is 0 Å². The monoisotopic (exact) mass is 787 g/mol. The first kappa shape index (κ1) is 37.3. The van der Waals surface area contributed by atoms with E-state index in [1.807, 2.05) is 36.4 Å². The number of piperidine rings is 2. The van der Waals surface area contributed by atoms with Crippen molar-refractivity contribution in [1.82, 2.24) is 20.4 Å². The van der Waals surface area contributed by atoms with E-state index in [0.29, 0.717) is 58.4 Å². The third-order valence-electron chi connectivity index (χ3n) is 13.2. The van der Waals surface area contributed by atoms with Crippen molar-refractivity contribution in [2.24, 2.45) is 5.92 Å². The number of fused-ring (bicyclic) bond motifs is 3. The summed E-state index contributed by atoms with van der Waals surface area (Å²) in [5, 5.41) is 15.5. The number of carbonyl (C=O) groups excluding carboxylic acids is 5. The lowest BCUT2D eigenvalue weighted by atomic mass is 9.89. The molecular weight excluding hydrogens is 742 g/mol. The average Bonchev–Trinajstić information content (AvgIpc) is 3.83. The number of benzene rings is 3. The van der Waals surface area contributed by atoms with E-state index < -0.39 is 23.8 Å². The Kier molecular flexibility index (Phi) is 9.77. The lowest BCUT2D eigenvalue weighted by Crippen LogP contribution is -2.54. The summed E-state index contributed by atoms with van der Waals surface area (Å²) < 4.78 is 0. The maximum atomic E-state index is 13.3. The molecule has 9 rings (SSSR count). The van der Waals surface area contributed by atoms with Crippen molar-refractivity contribution < 1.29 is 24.0 Å². The van der Waals surface area contributed by atoms with Crippen molar-refractivity contribution in [3.05, 3.63) is 92.5 Å². The van der Waals surface area contributed by atoms with Crippen LogP contribution in [0.5, 0.6) is 0 Å². The summed E-state index contributed by atoms with van der Waals surface area (Å²) in [6, 6.07) is 17.6. The lowest BCUT2D eigenvalue weighted by molar-refractivity contribution is -0.136. The molecule has 3 fully saturated rings. The molecule has 5 aliphatic heterocycles. The largest absolute Gasteiger partial charge is 0.372 e. The first-order chi connectivity index (χ1) is 27.5. The Bertz CT molecular complexity index is 2180. The highest BCUT2D eigenvalue weighted by molar-refractivity contribution is 6.32. The molecule has 0 aromatic heterocycles. The van der Waals surface area contributed by atoms with E-state index in [0.717, 1.165) is 92.0 Å². The molecule has 0 radical (unpaired) electrons. The van der Waals surface area contributed by atoms with E-state index in [-0.39, 0.29) is 30.7 Å². The van der Waals surface area contributed by atoms with Crippen LogP contribution in [0.2, 0.25) is 5.02 Å². The summed E-state index contributed by atoms with van der Waals surface area (Å²) in [4.78, 5) is 72.3. The predicted octanol–water partition coefficient (Wildman–Crippen LogP) is 5.34. The molecule has 0 bridgehead atoms. The van der Waals surface area contributed by atoms with Crippen LogP contribution in [0.15, 0.2) is 48.5 Å². The second-order valence-electron chi connectivity index (χ2n) is 16.8. The quantitative estimate of drug-likeness (QED) is 0.303. The van der Waals surface area contributed by atoms with Gasteiger partial charge in [0.25, 0.3) is 17.7 Å². The van der Waals surface area contributed by atoms with E-state index in [1.165, 1.54) is 5.56 Å². The van der Waals surface area contributed by atoms with Crippen LogP contribution in [0.3, 0.4) is 0 Å². The number of halogens is 1. The molecule has 2 saturated heterocycles. The fourth-order valence-corrected chi connectivity index (χ4v) is 10.4. The number of nitrogens with one attached hydrogen (secondary N) is 2. The van der Waals surface area contributed by atoms with E-state index in [9.17, 15) is 29.2 Å². The van der Waals surface area contributed by atoms with E-state index >= 15 is 0 Å². The summed E-state index contributed by atoms with van der Waals surface area (Å²) in [5.41, 5.74) is 7.43. The number of nitrogens with zero attached hydrogens (tertiary/aromatic N) is 5. The average molecular weight is 788 g/mol. The molecule has 5 heterocycles. The fraction of sp³-hybridized carbons (Fsp3) is 0.455. The van der Waals surface area contributed by atoms with Crippen LogP contribution < -0.4 is 20.4 Å². The van der Waals surface area contributed by atoms with Crippen LogP contribution in [-0.2, 0) is 29.1 Å². The Hall–Kier alpha value is -5.25. The van der Waals surface area contributed by atoms with Gasteiger partial charge in [-0.15, -0.1) is 0 Å². The van der Waals surface area contributed by atoms with Gasteiger partial charge in [-0.05, 0) is 129 Å². The van der Waals surface area contributed by atoms with Crippen LogP contribution in [0.1, 0.15) is 112 Å². The number of carbonyl (C=O) groups is 5. The van der Waals surface area contributed by atoms with Crippen molar-refractivity contribution in [1.29, 1.82) is 5.26 Å². The summed E-state index contributed by atoms with van der Waals surface area (Å²) >= 11 is 6.41. The zero-order valence-electron chi connectivity index (χ0n) is 32.1. The zero-order valence-corrected chi connectivity index (χ0v) is 32.8. The van der Waals surface area contributed by atoms with Gasteiger partial charge in [0.05, 0.1) is 21.7 Å². The van der Waals surface area contributed by atoms with Gasteiger partial charge in [0, 0.05) is 74.2 Å². The van der Waals surface area contributed by atoms with Gasteiger partial charge < -0.3 is 15.1 Å². The number of hydrogen-bond acceptors (Lipinski definition) is 9. The molecule has 2 N–H and O–H groups in total. The van der Waals surface area contributed by atoms with Crippen LogP contribution in [0, 0.1) is 17.2 Å². The molecule has 3 aromatic rings. The molecule has 0 spiro atoms. The van der Waals surface area contributed by atoms with Crippen molar-refractivity contribution in [2.75, 3.05) is 29.4 Å². The van der Waals surface area contributed by atoms with Crippen LogP contribution in [-0.4, -0.2) is 83.1 Å². The topological polar surface area (TPSA) is 146 Å². The summed E-state index contributed by atoms with van der Waals surface area (Å²) in [7, 11) is 0. The van der Waals surface area contributed by atoms with Crippen LogP contribution >= 0.6 is 11.6 Å². The Morgan fingerprint density at radius 3 is 2.18 bits per heavy atom. The van der Waals surface area contributed by atoms with Gasteiger partial charge in [-0.3, -0.25) is 39.1 Å². The van der Waals surface area contributed by atoms with E-state index in [1.54, 1.807) is 0 Å². The minimum Gasteiger partial charge on any atom is -0.372 e. The predicted molar refractivity (Wildman–Crippen MR) is 214 cm³/mol. The van der Waals surface area contributed by atoms with Crippen molar-refractivity contribution in [3.8, 4) is 6.07 Å². The minimum absolute atomic E-state index is 0.0309. The van der Waals surface area contributed by atoms with Gasteiger partial charge in [-0.1, -0.05) is 11.6 Å². The standard InChI is InChI=1S/C44H46ClN7O5/c1-25-16-28-17-29(21-46)37(45)20-39(28)51(25)34-8-4-32(5-9-34)47-41(54)27-2-6-33(7-3-27)50-14-12-26(13-15-50)22-49-23-30-18-35-36(19-31(30)24-49)44(57)52(43(35)56)38-10-11-40(53)48-42(38)55/h2-3,6-7,17-20,25-26,32,34,38H,4-5,8-16,22-24H2,1H3,(H,47,54)(H,48,53,55)/t25-,32-,34-,38?/m1/s1. The van der Waals surface area contributed by atoms with Crippen molar-refractivity contribution in [2.45, 2.75) is 102 Å². The molecule has 13 heteroatoms. The molecule has 3 aromatic carbocycles. The van der Waals surface area contributed by atoms with Crippen molar-refractivity contribution in [3.63, 3.8) is 0 Å². The molecule has 6 aliphatic rings. The highest BCUT2D eigenvalue weighted by Crippen LogP contribution is 2.41. The Morgan fingerprint density at radius 2 is 1.54 bits per heavy atom. The summed E-state index contributed by atoms with van der Waals surface area (Å²) in [5.74, 6) is -1.42. The number of amides is 5. The number of rotatable bonds is 7. The van der Waals surface area contributed by atoms with E-state index in [4.69, 9.17) is 11.6 Å². The number of nitriles is 1. The Morgan fingerprint density at radius 1 is 0.877 bits per heavy atom. The highest BCUT2D eigenvalue weighted by atomic mass is 35.5. The second-order valence-corrected chi connectivity index (χ2v) is 17.2. The lowest BCUT2D eigenvalue weighted by Gasteiger charge is -2.39. The minimum atomic E-state index is -0.960. The number of anilines is 2.